The number of ether oxygens (including phenoxy) is 1. The zero-order chi connectivity index (χ0) is 17.7. The number of pyridine rings is 2. The maximum atomic E-state index is 14.2. The van der Waals surface area contributed by atoms with Crippen molar-refractivity contribution in [3.8, 4) is 17.1 Å². The van der Waals surface area contributed by atoms with Gasteiger partial charge in [0.25, 0.3) is 0 Å². The van der Waals surface area contributed by atoms with Gasteiger partial charge in [-0.25, -0.2) is 9.37 Å². The first-order valence-corrected chi connectivity index (χ1v) is 8.25. The number of benzene rings is 2. The van der Waals surface area contributed by atoms with Crippen LogP contribution in [-0.2, 0) is 0 Å². The molecule has 126 valence electrons. The van der Waals surface area contributed by atoms with Crippen molar-refractivity contribution in [1.82, 2.24) is 15.0 Å². The van der Waals surface area contributed by atoms with Crippen molar-refractivity contribution < 1.29 is 9.13 Å². The Hall–Kier alpha value is -3.47. The molecule has 0 saturated heterocycles. The highest BCUT2D eigenvalue weighted by Crippen LogP contribution is 2.35. The Bertz CT molecular complexity index is 1290. The van der Waals surface area contributed by atoms with Gasteiger partial charge in [0.2, 0.25) is 5.88 Å². The number of aromatic nitrogens is 3. The first-order chi connectivity index (χ1) is 12.8. The number of methoxy groups -OCH3 is 1. The summed E-state index contributed by atoms with van der Waals surface area (Å²) in [5.41, 5.74) is 4.26. The fourth-order valence-electron chi connectivity index (χ4n) is 3.45. The quantitative estimate of drug-likeness (QED) is 0.486. The van der Waals surface area contributed by atoms with E-state index < -0.39 is 0 Å². The SMILES string of the molecule is COc1ccc2[nH]c3c(-c4ccc(F)c5ccccc45)nccc3c2n1. The van der Waals surface area contributed by atoms with Crippen LogP contribution in [0.3, 0.4) is 0 Å². The monoisotopic (exact) mass is 343 g/mol. The van der Waals surface area contributed by atoms with Gasteiger partial charge in [0, 0.05) is 28.6 Å². The maximum Gasteiger partial charge on any atom is 0.213 e. The van der Waals surface area contributed by atoms with Crippen LogP contribution in [0.4, 0.5) is 4.39 Å². The van der Waals surface area contributed by atoms with Crippen LogP contribution in [0.1, 0.15) is 0 Å². The van der Waals surface area contributed by atoms with Gasteiger partial charge in [-0.05, 0) is 29.7 Å². The van der Waals surface area contributed by atoms with Gasteiger partial charge < -0.3 is 9.72 Å². The van der Waals surface area contributed by atoms with Gasteiger partial charge in [0.1, 0.15) is 5.82 Å². The predicted molar refractivity (Wildman–Crippen MR) is 101 cm³/mol. The Labute approximate surface area is 148 Å². The normalized spacial score (nSPS) is 11.5. The van der Waals surface area contributed by atoms with Crippen molar-refractivity contribution in [3.63, 3.8) is 0 Å². The topological polar surface area (TPSA) is 50.8 Å². The number of fused-ring (bicyclic) bond motifs is 4. The van der Waals surface area contributed by atoms with Crippen molar-refractivity contribution >= 4 is 32.7 Å². The molecule has 0 fully saturated rings. The van der Waals surface area contributed by atoms with E-state index in [1.165, 1.54) is 6.07 Å². The third kappa shape index (κ3) is 2.07. The summed E-state index contributed by atoms with van der Waals surface area (Å²) in [5.74, 6) is 0.323. The largest absolute Gasteiger partial charge is 0.481 e. The lowest BCUT2D eigenvalue weighted by molar-refractivity contribution is 0.399. The van der Waals surface area contributed by atoms with E-state index in [-0.39, 0.29) is 5.82 Å². The number of halogens is 1. The van der Waals surface area contributed by atoms with Crippen molar-refractivity contribution in [2.24, 2.45) is 0 Å². The van der Waals surface area contributed by atoms with Crippen LogP contribution in [0.5, 0.6) is 5.88 Å². The lowest BCUT2D eigenvalue weighted by Gasteiger charge is -2.08. The van der Waals surface area contributed by atoms with Crippen LogP contribution >= 0.6 is 0 Å². The molecule has 1 N–H and O–H groups in total. The summed E-state index contributed by atoms with van der Waals surface area (Å²) in [6.07, 6.45) is 1.75. The summed E-state index contributed by atoms with van der Waals surface area (Å²) in [6, 6.07) is 16.4. The van der Waals surface area contributed by atoms with E-state index in [0.29, 0.717) is 11.3 Å². The molecular formula is C21H14FN3O. The van der Waals surface area contributed by atoms with Gasteiger partial charge in [0.05, 0.1) is 29.4 Å². The van der Waals surface area contributed by atoms with E-state index >= 15 is 0 Å². The van der Waals surface area contributed by atoms with E-state index in [9.17, 15) is 4.39 Å². The van der Waals surface area contributed by atoms with Gasteiger partial charge in [-0.2, -0.15) is 0 Å². The van der Waals surface area contributed by atoms with Gasteiger partial charge in [-0.3, -0.25) is 4.98 Å². The summed E-state index contributed by atoms with van der Waals surface area (Å²) in [7, 11) is 1.60. The molecule has 5 heteroatoms. The average molecular weight is 343 g/mol. The van der Waals surface area contributed by atoms with Crippen molar-refractivity contribution in [3.05, 3.63) is 66.6 Å². The Balaban J connectivity index is 1.87. The molecule has 0 bridgehead atoms. The molecule has 5 rings (SSSR count). The summed E-state index contributed by atoms with van der Waals surface area (Å²) in [6.45, 7) is 0. The zero-order valence-corrected chi connectivity index (χ0v) is 14.0. The van der Waals surface area contributed by atoms with Crippen molar-refractivity contribution in [1.29, 1.82) is 0 Å². The fourth-order valence-corrected chi connectivity index (χ4v) is 3.45. The number of nitrogens with zero attached hydrogens (tertiary/aromatic N) is 2. The lowest BCUT2D eigenvalue weighted by Crippen LogP contribution is -1.89. The molecule has 0 atom stereocenters. The van der Waals surface area contributed by atoms with Crippen LogP contribution in [0.25, 0.3) is 44.0 Å². The highest BCUT2D eigenvalue weighted by molar-refractivity contribution is 6.11. The Kier molecular flexibility index (Phi) is 3.15. The van der Waals surface area contributed by atoms with Crippen LogP contribution < -0.4 is 4.74 Å². The molecule has 5 aromatic rings. The molecule has 0 radical (unpaired) electrons. The minimum Gasteiger partial charge on any atom is -0.481 e. The minimum absolute atomic E-state index is 0.237. The molecule has 0 aliphatic rings. The third-order valence-corrected chi connectivity index (χ3v) is 4.67. The van der Waals surface area contributed by atoms with Gasteiger partial charge >= 0.3 is 0 Å². The summed E-state index contributed by atoms with van der Waals surface area (Å²) in [4.78, 5) is 12.5. The Morgan fingerprint density at radius 3 is 2.62 bits per heavy atom. The zero-order valence-electron chi connectivity index (χ0n) is 14.0. The van der Waals surface area contributed by atoms with E-state index in [4.69, 9.17) is 4.74 Å². The van der Waals surface area contributed by atoms with E-state index in [1.807, 2.05) is 36.4 Å². The molecule has 0 saturated carbocycles. The lowest BCUT2D eigenvalue weighted by atomic mass is 10.0. The number of aromatic amines is 1. The molecule has 2 aromatic carbocycles. The number of rotatable bonds is 2. The van der Waals surface area contributed by atoms with Crippen molar-refractivity contribution in [2.75, 3.05) is 7.11 Å². The molecular weight excluding hydrogens is 329 g/mol. The molecule has 0 aliphatic heterocycles. The van der Waals surface area contributed by atoms with Gasteiger partial charge in [0.15, 0.2) is 0 Å². The number of hydrogen-bond acceptors (Lipinski definition) is 3. The molecule has 3 heterocycles. The molecule has 26 heavy (non-hydrogen) atoms. The molecule has 0 spiro atoms. The summed E-state index contributed by atoms with van der Waals surface area (Å²) < 4.78 is 19.4. The molecule has 0 amide bonds. The van der Waals surface area contributed by atoms with Crippen molar-refractivity contribution in [2.45, 2.75) is 0 Å². The standard InChI is InChI=1S/C21H14FN3O/c1-26-18-9-8-17-19(25-18)15-10-11-23-20(21(15)24-17)14-6-7-16(22)13-5-3-2-4-12(13)14/h2-11,24H,1H3. The van der Waals surface area contributed by atoms with Crippen LogP contribution in [-0.4, -0.2) is 22.1 Å². The highest BCUT2D eigenvalue weighted by Gasteiger charge is 2.15. The van der Waals surface area contributed by atoms with E-state index in [1.54, 1.807) is 25.4 Å². The highest BCUT2D eigenvalue weighted by atomic mass is 19.1. The van der Waals surface area contributed by atoms with Gasteiger partial charge in [-0.1, -0.05) is 24.3 Å². The van der Waals surface area contributed by atoms with E-state index in [0.717, 1.165) is 38.6 Å². The summed E-state index contributed by atoms with van der Waals surface area (Å²) in [5, 5.41) is 2.37. The average Bonchev–Trinajstić information content (AvgIpc) is 3.06. The van der Waals surface area contributed by atoms with Gasteiger partial charge in [-0.15, -0.1) is 0 Å². The third-order valence-electron chi connectivity index (χ3n) is 4.67. The molecule has 4 nitrogen and oxygen atoms in total. The smallest absolute Gasteiger partial charge is 0.213 e. The second-order valence-corrected chi connectivity index (χ2v) is 6.10. The second kappa shape index (κ2) is 5.52. The Morgan fingerprint density at radius 2 is 1.77 bits per heavy atom. The molecule has 0 aliphatic carbocycles. The fraction of sp³-hybridized carbons (Fsp3) is 0.0476. The predicted octanol–water partition coefficient (Wildman–Crippen LogP) is 5.08. The van der Waals surface area contributed by atoms with Crippen LogP contribution in [0.15, 0.2) is 60.8 Å². The first kappa shape index (κ1) is 14.8. The second-order valence-electron chi connectivity index (χ2n) is 6.10. The molecule has 0 unspecified atom stereocenters. The van der Waals surface area contributed by atoms with E-state index in [2.05, 4.69) is 15.0 Å². The summed E-state index contributed by atoms with van der Waals surface area (Å²) >= 11 is 0. The first-order valence-electron chi connectivity index (χ1n) is 8.25. The maximum absolute atomic E-state index is 14.2. The minimum atomic E-state index is -0.237. The number of nitrogens with one attached hydrogen (secondary N) is 1. The molecule has 3 aromatic heterocycles. The number of hydrogen-bond donors (Lipinski definition) is 1. The van der Waals surface area contributed by atoms with Crippen LogP contribution in [0, 0.1) is 5.82 Å². The van der Waals surface area contributed by atoms with Crippen LogP contribution in [0.2, 0.25) is 0 Å². The number of H-pyrrole nitrogens is 1. The Morgan fingerprint density at radius 1 is 0.923 bits per heavy atom.